The molecule has 4 N–H and O–H groups in total. The van der Waals surface area contributed by atoms with Crippen molar-refractivity contribution < 1.29 is 57.2 Å². The number of rotatable bonds is 22. The molecule has 0 radical (unpaired) electrons. The number of unbranched alkanes of at least 4 members (excludes halogenated alkanes) is 2. The van der Waals surface area contributed by atoms with Gasteiger partial charge in [-0.15, -0.1) is 0 Å². The molecule has 0 aliphatic carbocycles. The van der Waals surface area contributed by atoms with Crippen LogP contribution in [0.15, 0.2) is 107 Å². The highest BCUT2D eigenvalue weighted by atomic mass is 19.1. The molecule has 0 saturated heterocycles. The molecule has 0 fully saturated rings. The number of aliphatic imine (C=N–C) groups is 2. The smallest absolute Gasteiger partial charge is 0.260 e. The summed E-state index contributed by atoms with van der Waals surface area (Å²) in [6.45, 7) is 6.02. The molecular formula is C59H63FN8O11. The number of benzene rings is 4. The third kappa shape index (κ3) is 12.5. The molecule has 5 aliphatic rings. The zero-order valence-corrected chi connectivity index (χ0v) is 44.6. The SMILES string of the molecule is COc1cc2c(cc1OCCCOc1cc3c(cc1OC)C(=O)N1C=C(c4ccc(NC(=O)[C@H](C)NC(=O)[C@@H](NC(=O)CCCCCN5C(=O)C=CC5O)C(C)C)cc4)C[C@H]1C=N3)N=C[C@@H]1CC(c3ccc(F)cc3)=CN1C2=O. The number of methoxy groups -OCH3 is 2. The lowest BCUT2D eigenvalue weighted by Crippen LogP contribution is -2.53. The first-order valence-corrected chi connectivity index (χ1v) is 26.4. The number of hydrogen-bond donors (Lipinski definition) is 4. The minimum absolute atomic E-state index is 0.182. The highest BCUT2D eigenvalue weighted by Gasteiger charge is 2.36. The molecule has 412 valence electrons. The van der Waals surface area contributed by atoms with Gasteiger partial charge in [0.1, 0.15) is 24.1 Å². The largest absolute Gasteiger partial charge is 0.493 e. The summed E-state index contributed by atoms with van der Waals surface area (Å²) < 4.78 is 37.2. The zero-order chi connectivity index (χ0) is 55.9. The number of aliphatic hydroxyl groups excluding tert-OH is 1. The van der Waals surface area contributed by atoms with Gasteiger partial charge in [0.25, 0.3) is 11.8 Å². The first-order valence-electron chi connectivity index (χ1n) is 26.4. The van der Waals surface area contributed by atoms with E-state index in [1.54, 1.807) is 104 Å². The maximum absolute atomic E-state index is 14.1. The van der Waals surface area contributed by atoms with Gasteiger partial charge in [-0.3, -0.25) is 38.8 Å². The minimum atomic E-state index is -0.922. The molecule has 0 bridgehead atoms. The molecule has 4 aromatic rings. The molecule has 0 aromatic heterocycles. The molecular weight excluding hydrogens is 1020 g/mol. The third-order valence-corrected chi connectivity index (χ3v) is 14.3. The van der Waals surface area contributed by atoms with Gasteiger partial charge in [-0.05, 0) is 90.4 Å². The van der Waals surface area contributed by atoms with Crippen molar-refractivity contribution in [2.24, 2.45) is 15.9 Å². The first-order chi connectivity index (χ1) is 38.1. The van der Waals surface area contributed by atoms with E-state index < -0.39 is 30.1 Å². The predicted molar refractivity (Wildman–Crippen MR) is 294 cm³/mol. The number of carbonyl (C=O) groups excluding carboxylic acids is 6. The molecule has 9 rings (SSSR count). The number of aliphatic hydroxyl groups is 1. The number of anilines is 1. The Morgan fingerprint density at radius 2 is 1.24 bits per heavy atom. The van der Waals surface area contributed by atoms with Crippen molar-refractivity contribution in [2.45, 2.75) is 96.1 Å². The predicted octanol–water partition coefficient (Wildman–Crippen LogP) is 7.50. The summed E-state index contributed by atoms with van der Waals surface area (Å²) in [4.78, 5) is 93.0. The molecule has 79 heavy (non-hydrogen) atoms. The van der Waals surface area contributed by atoms with Gasteiger partial charge in [-0.1, -0.05) is 44.5 Å². The molecule has 5 atom stereocenters. The Hall–Kier alpha value is -8.65. The van der Waals surface area contributed by atoms with E-state index in [2.05, 4.69) is 20.9 Å². The van der Waals surface area contributed by atoms with Crippen LogP contribution >= 0.6 is 0 Å². The van der Waals surface area contributed by atoms with Gasteiger partial charge >= 0.3 is 0 Å². The summed E-state index contributed by atoms with van der Waals surface area (Å²) in [7, 11) is 3.00. The van der Waals surface area contributed by atoms with Crippen LogP contribution in [0.4, 0.5) is 21.5 Å². The molecule has 0 saturated carbocycles. The number of nitrogens with zero attached hydrogens (tertiary/aromatic N) is 5. The van der Waals surface area contributed by atoms with Crippen LogP contribution in [-0.2, 0) is 19.2 Å². The quantitative estimate of drug-likeness (QED) is 0.0564. The Balaban J connectivity index is 0.739. The van der Waals surface area contributed by atoms with Crippen LogP contribution in [0.3, 0.4) is 0 Å². The minimum Gasteiger partial charge on any atom is -0.493 e. The number of amides is 6. The number of halogens is 1. The van der Waals surface area contributed by atoms with Crippen LogP contribution in [0.1, 0.15) is 97.6 Å². The van der Waals surface area contributed by atoms with Gasteiger partial charge in [0, 0.05) is 81.0 Å². The summed E-state index contributed by atoms with van der Waals surface area (Å²) >= 11 is 0. The van der Waals surface area contributed by atoms with E-state index >= 15 is 0 Å². The van der Waals surface area contributed by atoms with E-state index in [9.17, 15) is 38.3 Å². The Bertz CT molecular complexity index is 3170. The third-order valence-electron chi connectivity index (χ3n) is 14.3. The number of fused-ring (bicyclic) bond motifs is 4. The van der Waals surface area contributed by atoms with Crippen molar-refractivity contribution in [1.29, 1.82) is 0 Å². The summed E-state index contributed by atoms with van der Waals surface area (Å²) in [5.74, 6) is -1.02. The van der Waals surface area contributed by atoms with Gasteiger partial charge in [-0.2, -0.15) is 0 Å². The molecule has 6 amide bonds. The Morgan fingerprint density at radius 3 is 1.75 bits per heavy atom. The molecule has 0 spiro atoms. The molecule has 5 heterocycles. The number of hydrogen-bond acceptors (Lipinski definition) is 13. The highest BCUT2D eigenvalue weighted by Crippen LogP contribution is 2.42. The van der Waals surface area contributed by atoms with Crippen LogP contribution in [0, 0.1) is 11.7 Å². The highest BCUT2D eigenvalue weighted by molar-refractivity contribution is 6.07. The fraction of sp³-hybridized carbons (Fsp3) is 0.356. The van der Waals surface area contributed by atoms with Crippen molar-refractivity contribution in [1.82, 2.24) is 25.3 Å². The standard InChI is InChI=1S/C59H63FN8O11/c1-34(2)55(65-52(69)10-7-6-8-21-66-53(70)19-20-54(66)71)57(73)63-35(3)56(72)64-41-17-13-37(14-18-41)39-25-43-31-62-47-29-51(49(77-5)27-45(47)59(75)68(43)33-39)79-23-9-22-78-50-28-46-44(26-48(50)76-4)58(74)67-32-38(24-42(67)30-61-46)36-11-15-40(60)16-12-36/h11-20,26-35,42-43,53,55,70H,6-10,21-25H2,1-5H3,(H,63,73)(H,64,72)(H,65,69)/t35-,42-,43-,53?,55-/m0/s1. The Labute approximate surface area is 456 Å². The van der Waals surface area contributed by atoms with Crippen LogP contribution in [-0.4, -0.2) is 132 Å². The normalized spacial score (nSPS) is 18.7. The lowest BCUT2D eigenvalue weighted by molar-refractivity contribution is -0.132. The van der Waals surface area contributed by atoms with Crippen LogP contribution in [0.2, 0.25) is 0 Å². The summed E-state index contributed by atoms with van der Waals surface area (Å²) in [6.07, 6.45) is 12.4. The monoisotopic (exact) mass is 1080 g/mol. The topological polar surface area (TPSA) is 230 Å². The van der Waals surface area contributed by atoms with Gasteiger partial charge in [-0.25, -0.2) is 4.39 Å². The van der Waals surface area contributed by atoms with Crippen molar-refractivity contribution in [3.05, 3.63) is 125 Å². The van der Waals surface area contributed by atoms with Gasteiger partial charge in [0.15, 0.2) is 23.0 Å². The Morgan fingerprint density at radius 1 is 0.696 bits per heavy atom. The maximum atomic E-state index is 14.1. The molecule has 1 unspecified atom stereocenters. The first kappa shape index (κ1) is 55.1. The van der Waals surface area contributed by atoms with Gasteiger partial charge in [0.05, 0.1) is 62.0 Å². The number of nitrogens with one attached hydrogen (secondary N) is 3. The van der Waals surface area contributed by atoms with Crippen molar-refractivity contribution in [3.63, 3.8) is 0 Å². The Kier molecular flexibility index (Phi) is 17.0. The van der Waals surface area contributed by atoms with E-state index in [1.165, 1.54) is 43.4 Å². The van der Waals surface area contributed by atoms with E-state index in [1.807, 2.05) is 12.1 Å². The second-order valence-corrected chi connectivity index (χ2v) is 20.1. The van der Waals surface area contributed by atoms with E-state index in [4.69, 9.17) is 23.9 Å². The van der Waals surface area contributed by atoms with E-state index in [0.29, 0.717) is 96.3 Å². The van der Waals surface area contributed by atoms with E-state index in [0.717, 1.165) is 22.3 Å². The zero-order valence-electron chi connectivity index (χ0n) is 44.6. The number of ether oxygens (including phenoxy) is 4. The summed E-state index contributed by atoms with van der Waals surface area (Å²) in [6, 6.07) is 17.5. The van der Waals surface area contributed by atoms with Crippen LogP contribution in [0.25, 0.3) is 11.1 Å². The maximum Gasteiger partial charge on any atom is 0.260 e. The van der Waals surface area contributed by atoms with Crippen molar-refractivity contribution >= 4 is 76.1 Å². The van der Waals surface area contributed by atoms with Crippen molar-refractivity contribution in [2.75, 3.05) is 39.3 Å². The average Bonchev–Trinajstić information content (AvgIpc) is 4.34. The molecule has 19 nitrogen and oxygen atoms in total. The van der Waals surface area contributed by atoms with Crippen LogP contribution < -0.4 is 34.9 Å². The average molecular weight is 1080 g/mol. The van der Waals surface area contributed by atoms with Gasteiger partial charge < -0.3 is 54.7 Å². The fourth-order valence-electron chi connectivity index (χ4n) is 9.88. The number of carbonyl (C=O) groups is 6. The lowest BCUT2D eigenvalue weighted by atomic mass is 10.0. The lowest BCUT2D eigenvalue weighted by Gasteiger charge is -2.24. The van der Waals surface area contributed by atoms with Crippen LogP contribution in [0.5, 0.6) is 23.0 Å². The summed E-state index contributed by atoms with van der Waals surface area (Å²) in [5.41, 5.74) is 5.56. The second kappa shape index (κ2) is 24.3. The van der Waals surface area contributed by atoms with Gasteiger partial charge in [0.2, 0.25) is 23.6 Å². The fourth-order valence-corrected chi connectivity index (χ4v) is 9.88. The summed E-state index contributed by atoms with van der Waals surface area (Å²) in [5, 5.41) is 18.2. The molecule has 4 aromatic carbocycles. The van der Waals surface area contributed by atoms with E-state index in [-0.39, 0.29) is 67.1 Å². The molecule has 20 heteroatoms. The molecule has 5 aliphatic heterocycles. The second-order valence-electron chi connectivity index (χ2n) is 20.1. The van der Waals surface area contributed by atoms with Crippen molar-refractivity contribution in [3.8, 4) is 23.0 Å².